The number of esters is 1. The molecule has 4 rings (SSSR count). The Labute approximate surface area is 203 Å². The summed E-state index contributed by atoms with van der Waals surface area (Å²) in [5.74, 6) is -8.50. The van der Waals surface area contributed by atoms with Crippen LogP contribution < -0.4 is 0 Å². The number of rotatable bonds is 13. The molecule has 13 heteroatoms. The first-order valence-corrected chi connectivity index (χ1v) is 13.6. The number of phosphoric ester groups is 1. The number of hydrogen-bond acceptors (Lipinski definition) is 11. The third kappa shape index (κ3) is 4.60. The van der Waals surface area contributed by atoms with E-state index < -0.39 is 60.5 Å². The highest BCUT2D eigenvalue weighted by Gasteiger charge is 2.84. The van der Waals surface area contributed by atoms with Crippen LogP contribution in [0.5, 0.6) is 0 Å². The standard InChI is InChI=1S/C22H35O12P/c1-3-5-7-9-11-13-20(12-10-8-6-4-2)17(18(25)26)32-35(30)33-22(29,34-35)21(20,28)16-14(23)15(24)19(27)31-16/h16-17,23-24,28-29H,3-13H2,1-2H3,(H,25,26)/t16-,17?,20?,21-,22?,35?/m0/s1. The third-order valence-corrected chi connectivity index (χ3v) is 8.58. The molecular formula is C22H35O12P. The van der Waals surface area contributed by atoms with Crippen LogP contribution in [0.25, 0.3) is 0 Å². The molecule has 2 bridgehead atoms. The maximum absolute atomic E-state index is 12.8. The quantitative estimate of drug-likeness (QED) is 0.134. The molecule has 4 aliphatic rings. The molecule has 0 saturated carbocycles. The number of hydrogen-bond donors (Lipinski definition) is 5. The monoisotopic (exact) mass is 522 g/mol. The van der Waals surface area contributed by atoms with Crippen molar-refractivity contribution in [2.75, 3.05) is 0 Å². The second-order valence-electron chi connectivity index (χ2n) is 9.45. The first-order valence-electron chi connectivity index (χ1n) is 12.1. The van der Waals surface area contributed by atoms with E-state index in [9.17, 15) is 39.7 Å². The normalized spacial score (nSPS) is 38.7. The maximum Gasteiger partial charge on any atom is 0.484 e. The lowest BCUT2D eigenvalue weighted by Crippen LogP contribution is -2.75. The molecular weight excluding hydrogens is 487 g/mol. The van der Waals surface area contributed by atoms with Gasteiger partial charge in [0.05, 0.1) is 0 Å². The van der Waals surface area contributed by atoms with Gasteiger partial charge < -0.3 is 30.3 Å². The Balaban J connectivity index is 2.16. The third-order valence-electron chi connectivity index (χ3n) is 7.16. The number of carbonyl (C=O) groups excluding carboxylic acids is 1. The van der Waals surface area contributed by atoms with Crippen LogP contribution in [0.4, 0.5) is 0 Å². The van der Waals surface area contributed by atoms with Crippen LogP contribution in [0, 0.1) is 5.41 Å². The topological polar surface area (TPSA) is 189 Å². The Kier molecular flexibility index (Phi) is 8.25. The summed E-state index contributed by atoms with van der Waals surface area (Å²) < 4.78 is 33.0. The molecule has 0 spiro atoms. The molecule has 5 N–H and O–H groups in total. The minimum absolute atomic E-state index is 0.0899. The number of unbranched alkanes of at least 4 members (excludes halogenated alkanes) is 7. The summed E-state index contributed by atoms with van der Waals surface area (Å²) in [5.41, 5.74) is -5.01. The largest absolute Gasteiger partial charge is 0.505 e. The average molecular weight is 522 g/mol. The van der Waals surface area contributed by atoms with Gasteiger partial charge in [-0.15, -0.1) is 0 Å². The molecule has 2 unspecified atom stereocenters. The first kappa shape index (κ1) is 27.9. The van der Waals surface area contributed by atoms with Crippen LogP contribution in [0.15, 0.2) is 11.5 Å². The van der Waals surface area contributed by atoms with Gasteiger partial charge in [0.2, 0.25) is 11.4 Å². The number of aliphatic hydroxyl groups excluding tert-OH is 2. The van der Waals surface area contributed by atoms with E-state index >= 15 is 0 Å². The molecule has 0 aliphatic carbocycles. The van der Waals surface area contributed by atoms with Gasteiger partial charge in [-0.3, -0.25) is 4.52 Å². The molecule has 4 heterocycles. The van der Waals surface area contributed by atoms with Gasteiger partial charge >= 0.3 is 25.7 Å². The summed E-state index contributed by atoms with van der Waals surface area (Å²) in [7, 11) is -4.60. The minimum Gasteiger partial charge on any atom is -0.505 e. The van der Waals surface area contributed by atoms with Gasteiger partial charge in [0.1, 0.15) is 0 Å². The van der Waals surface area contributed by atoms with Crippen LogP contribution in [-0.4, -0.2) is 61.3 Å². The number of aliphatic hydroxyl groups is 4. The van der Waals surface area contributed by atoms with E-state index in [4.69, 9.17) is 18.3 Å². The molecule has 0 aromatic heterocycles. The number of carboxylic acid groups (broad SMARTS) is 1. The molecule has 3 saturated heterocycles. The van der Waals surface area contributed by atoms with Crippen molar-refractivity contribution in [3.63, 3.8) is 0 Å². The van der Waals surface area contributed by atoms with Crippen LogP contribution in [0.2, 0.25) is 0 Å². The van der Waals surface area contributed by atoms with E-state index in [-0.39, 0.29) is 12.8 Å². The fourth-order valence-corrected chi connectivity index (χ4v) is 6.89. The molecule has 3 fully saturated rings. The Hall–Kier alpha value is -1.69. The zero-order valence-corrected chi connectivity index (χ0v) is 20.9. The Morgan fingerprint density at radius 2 is 1.46 bits per heavy atom. The number of ether oxygens (including phenoxy) is 1. The van der Waals surface area contributed by atoms with E-state index in [0.717, 1.165) is 32.1 Å². The van der Waals surface area contributed by atoms with Crippen molar-refractivity contribution >= 4 is 19.8 Å². The predicted octanol–water partition coefficient (Wildman–Crippen LogP) is 3.57. The van der Waals surface area contributed by atoms with Crippen molar-refractivity contribution in [2.24, 2.45) is 5.41 Å². The van der Waals surface area contributed by atoms with E-state index in [1.807, 2.05) is 13.8 Å². The molecule has 200 valence electrons. The Bertz CT molecular complexity index is 893. The molecule has 4 aliphatic heterocycles. The summed E-state index contributed by atoms with van der Waals surface area (Å²) >= 11 is 0. The maximum atomic E-state index is 12.8. The van der Waals surface area contributed by atoms with Gasteiger partial charge in [-0.2, -0.15) is 0 Å². The molecule has 0 aromatic rings. The summed E-state index contributed by atoms with van der Waals surface area (Å²) in [4.78, 5) is 24.5. The number of carbonyl (C=O) groups is 2. The molecule has 0 amide bonds. The summed E-state index contributed by atoms with van der Waals surface area (Å²) in [6.07, 6.45) is 1.97. The van der Waals surface area contributed by atoms with Crippen LogP contribution >= 0.6 is 7.82 Å². The number of cyclic esters (lactones) is 1. The number of aliphatic carboxylic acids is 1. The van der Waals surface area contributed by atoms with Crippen LogP contribution in [0.3, 0.4) is 0 Å². The lowest BCUT2D eigenvalue weighted by atomic mass is 9.58. The lowest BCUT2D eigenvalue weighted by molar-refractivity contribution is -0.438. The van der Waals surface area contributed by atoms with Gasteiger partial charge in [-0.1, -0.05) is 71.6 Å². The second-order valence-corrected chi connectivity index (χ2v) is 10.9. The van der Waals surface area contributed by atoms with Gasteiger partial charge in [-0.25, -0.2) is 23.2 Å². The van der Waals surface area contributed by atoms with Crippen LogP contribution in [-0.2, 0) is 32.5 Å². The fraction of sp³-hybridized carbons (Fsp3) is 0.818. The summed E-state index contributed by atoms with van der Waals surface area (Å²) in [5, 5.41) is 53.9. The summed E-state index contributed by atoms with van der Waals surface area (Å²) in [6, 6.07) is 0. The summed E-state index contributed by atoms with van der Waals surface area (Å²) in [6.45, 7) is 4.00. The number of carboxylic acids is 1. The number of phosphoric acid groups is 1. The fourth-order valence-electron chi connectivity index (χ4n) is 5.35. The van der Waals surface area contributed by atoms with Crippen LogP contribution in [0.1, 0.15) is 84.5 Å². The van der Waals surface area contributed by atoms with Gasteiger partial charge in [0.25, 0.3) is 0 Å². The minimum atomic E-state index is -4.60. The first-order chi connectivity index (χ1) is 16.4. The van der Waals surface area contributed by atoms with Crippen molar-refractivity contribution in [3.05, 3.63) is 11.5 Å². The van der Waals surface area contributed by atoms with E-state index in [1.54, 1.807) is 0 Å². The molecule has 12 nitrogen and oxygen atoms in total. The van der Waals surface area contributed by atoms with Gasteiger partial charge in [0.15, 0.2) is 18.0 Å². The Morgan fingerprint density at radius 1 is 0.943 bits per heavy atom. The Morgan fingerprint density at radius 3 is 1.91 bits per heavy atom. The van der Waals surface area contributed by atoms with E-state index in [1.165, 1.54) is 0 Å². The van der Waals surface area contributed by atoms with Crippen molar-refractivity contribution in [1.82, 2.24) is 0 Å². The van der Waals surface area contributed by atoms with Crippen molar-refractivity contribution < 1.29 is 58.0 Å². The zero-order chi connectivity index (χ0) is 26.1. The van der Waals surface area contributed by atoms with Gasteiger partial charge in [-0.05, 0) is 12.8 Å². The van der Waals surface area contributed by atoms with Crippen molar-refractivity contribution in [1.29, 1.82) is 0 Å². The van der Waals surface area contributed by atoms with Crippen molar-refractivity contribution in [2.45, 2.75) is 108 Å². The SMILES string of the molecule is CCCCCCCC1(CCCCCC)C(C(=O)O)OP2(=O)OC(O)(O2)[C@]1(O)[C@H]1OC(=O)C(O)=C1O. The zero-order valence-electron chi connectivity index (χ0n) is 20.0. The predicted molar refractivity (Wildman–Crippen MR) is 119 cm³/mol. The highest BCUT2D eigenvalue weighted by molar-refractivity contribution is 7.49. The molecule has 4 atom stereocenters. The van der Waals surface area contributed by atoms with E-state index in [2.05, 4.69) is 0 Å². The highest BCUT2D eigenvalue weighted by atomic mass is 31.2. The molecule has 0 radical (unpaired) electrons. The average Bonchev–Trinajstić information content (AvgIpc) is 2.98. The van der Waals surface area contributed by atoms with Gasteiger partial charge in [0, 0.05) is 5.41 Å². The molecule has 0 aromatic carbocycles. The van der Waals surface area contributed by atoms with E-state index in [0.29, 0.717) is 25.7 Å². The second kappa shape index (κ2) is 10.4. The smallest absolute Gasteiger partial charge is 0.484 e. The number of fused-ring (bicyclic) bond motifs is 3. The van der Waals surface area contributed by atoms with Crippen molar-refractivity contribution in [3.8, 4) is 0 Å². The highest BCUT2D eigenvalue weighted by Crippen LogP contribution is 2.75. The molecule has 35 heavy (non-hydrogen) atoms. The lowest BCUT2D eigenvalue weighted by Gasteiger charge is -2.55.